The van der Waals surface area contributed by atoms with Crippen LogP contribution in [0.25, 0.3) is 0 Å². The first-order valence-electron chi connectivity index (χ1n) is 3.90. The van der Waals surface area contributed by atoms with Crippen LogP contribution in [0, 0.1) is 5.41 Å². The van der Waals surface area contributed by atoms with Gasteiger partial charge in [0.15, 0.2) is 0 Å². The molecule has 0 heterocycles. The molecule has 0 spiro atoms. The molecular formula is C9H16O3. The fourth-order valence-corrected chi connectivity index (χ4v) is 0.889. The van der Waals surface area contributed by atoms with Crippen molar-refractivity contribution < 1.29 is 15.0 Å². The van der Waals surface area contributed by atoms with Crippen molar-refractivity contribution in [1.29, 1.82) is 0 Å². The lowest BCUT2D eigenvalue weighted by molar-refractivity contribution is -0.131. The van der Waals surface area contributed by atoms with Gasteiger partial charge in [0.1, 0.15) is 0 Å². The molecule has 0 aromatic heterocycles. The molecule has 12 heavy (non-hydrogen) atoms. The lowest BCUT2D eigenvalue weighted by atomic mass is 9.89. The summed E-state index contributed by atoms with van der Waals surface area (Å²) in [6.45, 7) is 5.97. The number of hydrogen-bond donors (Lipinski definition) is 2. The monoisotopic (exact) mass is 172 g/mol. The standard InChI is InChI=1S/C9H16O3/c1-9(2,3)6-7(10)4-5-8(11)12/h4-5,7,10H,6H2,1-3H3,(H,11,12)/b5-4+. The summed E-state index contributed by atoms with van der Waals surface area (Å²) in [6, 6.07) is 0. The molecule has 3 heteroatoms. The molecule has 0 amide bonds. The molecule has 1 unspecified atom stereocenters. The SMILES string of the molecule is CC(C)(C)CC(O)/C=C/C(=O)O. The zero-order valence-corrected chi connectivity index (χ0v) is 7.74. The zero-order valence-electron chi connectivity index (χ0n) is 7.74. The van der Waals surface area contributed by atoms with Crippen molar-refractivity contribution in [2.24, 2.45) is 5.41 Å². The van der Waals surface area contributed by atoms with E-state index in [1.165, 1.54) is 6.08 Å². The Labute approximate surface area is 72.7 Å². The fourth-order valence-electron chi connectivity index (χ4n) is 0.889. The second-order valence-electron chi connectivity index (χ2n) is 4.03. The number of carboxylic acids is 1. The average molecular weight is 172 g/mol. The first-order chi connectivity index (χ1) is 5.31. The molecule has 0 bridgehead atoms. The first kappa shape index (κ1) is 11.2. The van der Waals surface area contributed by atoms with Crippen LogP contribution in [0.5, 0.6) is 0 Å². The van der Waals surface area contributed by atoms with Gasteiger partial charge >= 0.3 is 5.97 Å². The van der Waals surface area contributed by atoms with Crippen LogP contribution in [0.1, 0.15) is 27.2 Å². The van der Waals surface area contributed by atoms with Gasteiger partial charge in [-0.2, -0.15) is 0 Å². The highest BCUT2D eigenvalue weighted by Crippen LogP contribution is 2.20. The van der Waals surface area contributed by atoms with Crippen molar-refractivity contribution in [3.05, 3.63) is 12.2 Å². The van der Waals surface area contributed by atoms with E-state index in [1.54, 1.807) is 0 Å². The van der Waals surface area contributed by atoms with Crippen molar-refractivity contribution in [3.63, 3.8) is 0 Å². The van der Waals surface area contributed by atoms with Gasteiger partial charge in [-0.3, -0.25) is 0 Å². The molecule has 0 aliphatic heterocycles. The minimum absolute atomic E-state index is 0.0161. The van der Waals surface area contributed by atoms with Gasteiger partial charge in [0.25, 0.3) is 0 Å². The fraction of sp³-hybridized carbons (Fsp3) is 0.667. The van der Waals surface area contributed by atoms with Crippen LogP contribution < -0.4 is 0 Å². The van der Waals surface area contributed by atoms with Crippen LogP contribution in [0.3, 0.4) is 0 Å². The van der Waals surface area contributed by atoms with Gasteiger partial charge in [0.05, 0.1) is 6.10 Å². The maximum atomic E-state index is 10.1. The predicted octanol–water partition coefficient (Wildman–Crippen LogP) is 1.42. The van der Waals surface area contributed by atoms with E-state index in [0.717, 1.165) is 6.08 Å². The average Bonchev–Trinajstić information content (AvgIpc) is 1.79. The highest BCUT2D eigenvalue weighted by atomic mass is 16.4. The smallest absolute Gasteiger partial charge is 0.328 e. The minimum atomic E-state index is -1.03. The van der Waals surface area contributed by atoms with Crippen molar-refractivity contribution in [2.75, 3.05) is 0 Å². The predicted molar refractivity (Wildman–Crippen MR) is 46.9 cm³/mol. The van der Waals surface area contributed by atoms with Gasteiger partial charge in [-0.1, -0.05) is 20.8 Å². The minimum Gasteiger partial charge on any atom is -0.478 e. The summed E-state index contributed by atoms with van der Waals surface area (Å²) in [5.41, 5.74) is 0.0161. The molecule has 0 saturated heterocycles. The number of aliphatic hydroxyl groups is 1. The quantitative estimate of drug-likeness (QED) is 0.633. The Balaban J connectivity index is 3.90. The van der Waals surface area contributed by atoms with Gasteiger partial charge in [0, 0.05) is 6.08 Å². The van der Waals surface area contributed by atoms with Crippen LogP contribution in [0.15, 0.2) is 12.2 Å². The van der Waals surface area contributed by atoms with E-state index < -0.39 is 12.1 Å². The number of rotatable bonds is 3. The van der Waals surface area contributed by atoms with E-state index in [9.17, 15) is 9.90 Å². The molecule has 3 nitrogen and oxygen atoms in total. The molecule has 0 aromatic rings. The molecule has 70 valence electrons. The second kappa shape index (κ2) is 4.26. The zero-order chi connectivity index (χ0) is 9.78. The number of hydrogen-bond acceptors (Lipinski definition) is 2. The summed E-state index contributed by atoms with van der Waals surface area (Å²) in [5.74, 6) is -1.03. The van der Waals surface area contributed by atoms with Crippen LogP contribution in [-0.4, -0.2) is 22.3 Å². The van der Waals surface area contributed by atoms with Gasteiger partial charge in [-0.25, -0.2) is 4.79 Å². The molecule has 1 atom stereocenters. The number of carboxylic acid groups (broad SMARTS) is 1. The van der Waals surface area contributed by atoms with Gasteiger partial charge < -0.3 is 10.2 Å². The third kappa shape index (κ3) is 7.28. The Hall–Kier alpha value is -0.830. The summed E-state index contributed by atoms with van der Waals surface area (Å²) < 4.78 is 0. The summed E-state index contributed by atoms with van der Waals surface area (Å²) in [4.78, 5) is 10.1. The van der Waals surface area contributed by atoms with E-state index in [4.69, 9.17) is 5.11 Å². The van der Waals surface area contributed by atoms with E-state index in [-0.39, 0.29) is 5.41 Å². The lowest BCUT2D eigenvalue weighted by Gasteiger charge is -2.19. The topological polar surface area (TPSA) is 57.5 Å². The van der Waals surface area contributed by atoms with Gasteiger partial charge in [-0.05, 0) is 17.9 Å². The van der Waals surface area contributed by atoms with Gasteiger partial charge in [-0.15, -0.1) is 0 Å². The molecule has 0 aliphatic rings. The lowest BCUT2D eigenvalue weighted by Crippen LogP contribution is -2.15. The summed E-state index contributed by atoms with van der Waals surface area (Å²) in [7, 11) is 0. The summed E-state index contributed by atoms with van der Waals surface area (Å²) in [5, 5.41) is 17.5. The number of aliphatic carboxylic acids is 1. The second-order valence-corrected chi connectivity index (χ2v) is 4.03. The molecule has 0 aromatic carbocycles. The highest BCUT2D eigenvalue weighted by Gasteiger charge is 2.14. The molecule has 0 radical (unpaired) electrons. The molecule has 0 rings (SSSR count). The maximum Gasteiger partial charge on any atom is 0.328 e. The van der Waals surface area contributed by atoms with Crippen LogP contribution >= 0.6 is 0 Å². The Bertz CT molecular complexity index is 177. The van der Waals surface area contributed by atoms with Gasteiger partial charge in [0.2, 0.25) is 0 Å². The van der Waals surface area contributed by atoms with Crippen molar-refractivity contribution in [3.8, 4) is 0 Å². The maximum absolute atomic E-state index is 10.1. The molecule has 2 N–H and O–H groups in total. The molecular weight excluding hydrogens is 156 g/mol. The largest absolute Gasteiger partial charge is 0.478 e. The van der Waals surface area contributed by atoms with Crippen molar-refractivity contribution in [2.45, 2.75) is 33.3 Å². The van der Waals surface area contributed by atoms with Crippen molar-refractivity contribution in [1.82, 2.24) is 0 Å². The highest BCUT2D eigenvalue weighted by molar-refractivity contribution is 5.79. The Morgan fingerprint density at radius 2 is 2.00 bits per heavy atom. The third-order valence-corrected chi connectivity index (χ3v) is 1.28. The van der Waals surface area contributed by atoms with Crippen LogP contribution in [0.2, 0.25) is 0 Å². The van der Waals surface area contributed by atoms with E-state index in [0.29, 0.717) is 6.42 Å². The number of aliphatic hydroxyl groups excluding tert-OH is 1. The summed E-state index contributed by atoms with van der Waals surface area (Å²) in [6.07, 6.45) is 2.17. The normalized spacial score (nSPS) is 15.0. The Morgan fingerprint density at radius 3 is 2.33 bits per heavy atom. The Morgan fingerprint density at radius 1 is 1.50 bits per heavy atom. The number of carbonyl (C=O) groups is 1. The third-order valence-electron chi connectivity index (χ3n) is 1.28. The molecule has 0 aliphatic carbocycles. The summed E-state index contributed by atoms with van der Waals surface area (Å²) >= 11 is 0. The van der Waals surface area contributed by atoms with Crippen LogP contribution in [0.4, 0.5) is 0 Å². The molecule has 0 fully saturated rings. The van der Waals surface area contributed by atoms with Crippen LogP contribution in [-0.2, 0) is 4.79 Å². The first-order valence-corrected chi connectivity index (χ1v) is 3.90. The Kier molecular flexibility index (Phi) is 3.96. The van der Waals surface area contributed by atoms with Crippen molar-refractivity contribution >= 4 is 5.97 Å². The molecule has 0 saturated carbocycles. The van der Waals surface area contributed by atoms with E-state index in [1.807, 2.05) is 20.8 Å². The van der Waals surface area contributed by atoms with E-state index >= 15 is 0 Å². The van der Waals surface area contributed by atoms with E-state index in [2.05, 4.69) is 0 Å².